The monoisotopic (exact) mass is 234 g/mol. The number of nitrogens with zero attached hydrogens (tertiary/aromatic N) is 4. The standard InChI is InChI=1S/C11H18N6/c1-9-15-10(13-5-4-12)8-11(16-9)14-6-7-17(2)3/h8H,5-7H2,1-3H3,(H2,13,14,15,16). The highest BCUT2D eigenvalue weighted by Crippen LogP contribution is 2.10. The van der Waals surface area contributed by atoms with E-state index in [0.29, 0.717) is 11.6 Å². The third-order valence-corrected chi connectivity index (χ3v) is 2.05. The molecule has 0 aromatic carbocycles. The van der Waals surface area contributed by atoms with Gasteiger partial charge in [0.1, 0.15) is 24.0 Å². The van der Waals surface area contributed by atoms with Crippen molar-refractivity contribution >= 4 is 11.6 Å². The summed E-state index contributed by atoms with van der Waals surface area (Å²) in [5, 5.41) is 14.6. The van der Waals surface area contributed by atoms with E-state index in [1.54, 1.807) is 6.07 Å². The van der Waals surface area contributed by atoms with Crippen LogP contribution in [0.25, 0.3) is 0 Å². The molecule has 0 saturated heterocycles. The second-order valence-corrected chi connectivity index (χ2v) is 3.93. The van der Waals surface area contributed by atoms with Crippen molar-refractivity contribution in [3.8, 4) is 6.07 Å². The van der Waals surface area contributed by atoms with E-state index in [1.165, 1.54) is 0 Å². The number of aromatic nitrogens is 2. The summed E-state index contributed by atoms with van der Waals surface area (Å²) in [5.41, 5.74) is 0. The molecule has 1 aromatic heterocycles. The number of nitrogens with one attached hydrogen (secondary N) is 2. The van der Waals surface area contributed by atoms with Gasteiger partial charge >= 0.3 is 0 Å². The maximum absolute atomic E-state index is 8.49. The van der Waals surface area contributed by atoms with E-state index in [0.717, 1.165) is 18.9 Å². The lowest BCUT2D eigenvalue weighted by molar-refractivity contribution is 0.425. The van der Waals surface area contributed by atoms with Gasteiger partial charge in [-0.1, -0.05) is 0 Å². The molecule has 0 amide bonds. The summed E-state index contributed by atoms with van der Waals surface area (Å²) in [4.78, 5) is 10.6. The van der Waals surface area contributed by atoms with Crippen LogP contribution in [0.4, 0.5) is 11.6 Å². The SMILES string of the molecule is Cc1nc(NCC#N)cc(NCCN(C)C)n1. The van der Waals surface area contributed by atoms with Crippen LogP contribution in [0.3, 0.4) is 0 Å². The highest BCUT2D eigenvalue weighted by molar-refractivity contribution is 5.47. The van der Waals surface area contributed by atoms with E-state index in [4.69, 9.17) is 5.26 Å². The number of nitriles is 1. The first-order valence-electron chi connectivity index (χ1n) is 5.47. The van der Waals surface area contributed by atoms with Gasteiger partial charge in [-0.05, 0) is 21.0 Å². The summed E-state index contributed by atoms with van der Waals surface area (Å²) < 4.78 is 0. The predicted molar refractivity (Wildman–Crippen MR) is 67.9 cm³/mol. The van der Waals surface area contributed by atoms with Crippen LogP contribution in [0.15, 0.2) is 6.07 Å². The van der Waals surface area contributed by atoms with Gasteiger partial charge in [-0.3, -0.25) is 0 Å². The van der Waals surface area contributed by atoms with Gasteiger partial charge in [0.2, 0.25) is 0 Å². The first-order valence-corrected chi connectivity index (χ1v) is 5.47. The Bertz CT molecular complexity index is 395. The summed E-state index contributed by atoms with van der Waals surface area (Å²) in [7, 11) is 4.04. The lowest BCUT2D eigenvalue weighted by Gasteiger charge is -2.12. The van der Waals surface area contributed by atoms with Crippen molar-refractivity contribution < 1.29 is 0 Å². The fourth-order valence-electron chi connectivity index (χ4n) is 1.29. The molecule has 6 heteroatoms. The summed E-state index contributed by atoms with van der Waals surface area (Å²) >= 11 is 0. The van der Waals surface area contributed by atoms with E-state index in [-0.39, 0.29) is 6.54 Å². The maximum Gasteiger partial charge on any atom is 0.132 e. The van der Waals surface area contributed by atoms with Gasteiger partial charge in [0, 0.05) is 19.2 Å². The minimum absolute atomic E-state index is 0.244. The van der Waals surface area contributed by atoms with Gasteiger partial charge in [-0.25, -0.2) is 9.97 Å². The molecule has 92 valence electrons. The van der Waals surface area contributed by atoms with Gasteiger partial charge in [-0.2, -0.15) is 5.26 Å². The third kappa shape index (κ3) is 5.13. The molecule has 2 N–H and O–H groups in total. The lowest BCUT2D eigenvalue weighted by atomic mass is 10.4. The second kappa shape index (κ2) is 6.66. The molecule has 1 rings (SSSR count). The smallest absolute Gasteiger partial charge is 0.132 e. The largest absolute Gasteiger partial charge is 0.369 e. The van der Waals surface area contributed by atoms with E-state index < -0.39 is 0 Å². The maximum atomic E-state index is 8.49. The Morgan fingerprint density at radius 1 is 1.29 bits per heavy atom. The van der Waals surface area contributed by atoms with Crippen LogP contribution in [-0.2, 0) is 0 Å². The Balaban J connectivity index is 2.59. The van der Waals surface area contributed by atoms with Crippen molar-refractivity contribution in [2.24, 2.45) is 0 Å². The topological polar surface area (TPSA) is 76.9 Å². The van der Waals surface area contributed by atoms with Gasteiger partial charge in [-0.15, -0.1) is 0 Å². The van der Waals surface area contributed by atoms with Crippen LogP contribution in [-0.4, -0.2) is 48.6 Å². The van der Waals surface area contributed by atoms with E-state index in [1.807, 2.05) is 27.1 Å². The Morgan fingerprint density at radius 3 is 2.53 bits per heavy atom. The molecule has 17 heavy (non-hydrogen) atoms. The number of hydrogen-bond acceptors (Lipinski definition) is 6. The Kier molecular flexibility index (Phi) is 5.17. The zero-order valence-electron chi connectivity index (χ0n) is 10.5. The van der Waals surface area contributed by atoms with Crippen LogP contribution in [0.5, 0.6) is 0 Å². The first kappa shape index (κ1) is 13.2. The zero-order valence-corrected chi connectivity index (χ0v) is 10.5. The van der Waals surface area contributed by atoms with E-state index in [9.17, 15) is 0 Å². The van der Waals surface area contributed by atoms with Crippen LogP contribution >= 0.6 is 0 Å². The van der Waals surface area contributed by atoms with Crippen molar-refractivity contribution in [1.82, 2.24) is 14.9 Å². The van der Waals surface area contributed by atoms with Gasteiger partial charge in [0.25, 0.3) is 0 Å². The third-order valence-electron chi connectivity index (χ3n) is 2.05. The van der Waals surface area contributed by atoms with E-state index >= 15 is 0 Å². The van der Waals surface area contributed by atoms with Crippen molar-refractivity contribution in [2.45, 2.75) is 6.92 Å². The lowest BCUT2D eigenvalue weighted by Crippen LogP contribution is -2.21. The molecule has 1 aromatic rings. The van der Waals surface area contributed by atoms with Crippen LogP contribution < -0.4 is 10.6 Å². The van der Waals surface area contributed by atoms with Crippen molar-refractivity contribution in [3.63, 3.8) is 0 Å². The fraction of sp³-hybridized carbons (Fsp3) is 0.545. The van der Waals surface area contributed by atoms with Crippen LogP contribution in [0.2, 0.25) is 0 Å². The average Bonchev–Trinajstić information content (AvgIpc) is 2.25. The van der Waals surface area contributed by atoms with Gasteiger partial charge in [0.05, 0.1) is 6.07 Å². The van der Waals surface area contributed by atoms with Crippen molar-refractivity contribution in [1.29, 1.82) is 5.26 Å². The molecule has 0 atom stereocenters. The van der Waals surface area contributed by atoms with Crippen LogP contribution in [0, 0.1) is 18.3 Å². The van der Waals surface area contributed by atoms with Gasteiger partial charge in [0.15, 0.2) is 0 Å². The quantitative estimate of drug-likeness (QED) is 0.705. The molecule has 0 radical (unpaired) electrons. The number of likely N-dealkylation sites (N-methyl/N-ethyl adjacent to an activating group) is 1. The first-order chi connectivity index (χ1) is 8.11. The van der Waals surface area contributed by atoms with Crippen LogP contribution in [0.1, 0.15) is 5.82 Å². The average molecular weight is 234 g/mol. The minimum atomic E-state index is 0.244. The van der Waals surface area contributed by atoms with Gasteiger partial charge < -0.3 is 15.5 Å². The number of rotatable bonds is 6. The molecular weight excluding hydrogens is 216 g/mol. The molecule has 0 unspecified atom stereocenters. The minimum Gasteiger partial charge on any atom is -0.369 e. The molecule has 0 fully saturated rings. The van der Waals surface area contributed by atoms with Crippen molar-refractivity contribution in [3.05, 3.63) is 11.9 Å². The normalized spacial score (nSPS) is 10.1. The predicted octanol–water partition coefficient (Wildman–Crippen LogP) is 0.694. The summed E-state index contributed by atoms with van der Waals surface area (Å²) in [6, 6.07) is 3.82. The highest BCUT2D eigenvalue weighted by Gasteiger charge is 2.01. The second-order valence-electron chi connectivity index (χ2n) is 3.93. The summed E-state index contributed by atoms with van der Waals surface area (Å²) in [6.07, 6.45) is 0. The number of aryl methyl sites for hydroxylation is 1. The molecular formula is C11H18N6. The molecule has 0 aliphatic rings. The zero-order chi connectivity index (χ0) is 12.7. The molecule has 1 heterocycles. The Labute approximate surface area is 102 Å². The number of hydrogen-bond donors (Lipinski definition) is 2. The highest BCUT2D eigenvalue weighted by atomic mass is 15.1. The Hall–Kier alpha value is -1.87. The summed E-state index contributed by atoms with van der Waals surface area (Å²) in [6.45, 7) is 3.83. The number of anilines is 2. The summed E-state index contributed by atoms with van der Waals surface area (Å²) in [5.74, 6) is 2.13. The molecule has 0 aliphatic heterocycles. The molecule has 0 aliphatic carbocycles. The Morgan fingerprint density at radius 2 is 1.94 bits per heavy atom. The molecule has 6 nitrogen and oxygen atoms in total. The molecule has 0 bridgehead atoms. The van der Waals surface area contributed by atoms with Crippen molar-refractivity contribution in [2.75, 3.05) is 44.4 Å². The molecule has 0 saturated carbocycles. The van der Waals surface area contributed by atoms with E-state index in [2.05, 4.69) is 25.5 Å². The molecule has 0 spiro atoms. The fourth-order valence-corrected chi connectivity index (χ4v) is 1.29.